The van der Waals surface area contributed by atoms with Gasteiger partial charge in [-0.15, -0.1) is 0 Å². The fourth-order valence-corrected chi connectivity index (χ4v) is 2.03. The summed E-state index contributed by atoms with van der Waals surface area (Å²) in [5.74, 6) is 1.44. The fraction of sp³-hybridized carbons (Fsp3) is 0.455. The summed E-state index contributed by atoms with van der Waals surface area (Å²) in [6.45, 7) is 3.75. The number of rotatable bonds is 2. The van der Waals surface area contributed by atoms with E-state index < -0.39 is 0 Å². The Labute approximate surface area is 94.1 Å². The summed E-state index contributed by atoms with van der Waals surface area (Å²) in [7, 11) is 0. The van der Waals surface area contributed by atoms with Crippen molar-refractivity contribution in [1.82, 2.24) is 0 Å². The molecule has 1 heterocycles. The highest BCUT2D eigenvalue weighted by Crippen LogP contribution is 2.41. The van der Waals surface area contributed by atoms with Crippen molar-refractivity contribution in [2.45, 2.75) is 13.3 Å². The summed E-state index contributed by atoms with van der Waals surface area (Å²) in [5, 5.41) is 0.610. The Bertz CT molecular complexity index is 379. The molecule has 15 heavy (non-hydrogen) atoms. The van der Waals surface area contributed by atoms with E-state index in [0.717, 1.165) is 23.3 Å². The van der Waals surface area contributed by atoms with E-state index in [9.17, 15) is 0 Å². The summed E-state index contributed by atoms with van der Waals surface area (Å²) in [6, 6.07) is 1.91. The van der Waals surface area contributed by atoms with Crippen LogP contribution in [0.3, 0.4) is 0 Å². The average Bonchev–Trinajstić information content (AvgIpc) is 2.26. The summed E-state index contributed by atoms with van der Waals surface area (Å²) >= 11 is 6.11. The normalized spacial score (nSPS) is 14.1. The van der Waals surface area contributed by atoms with Crippen molar-refractivity contribution < 1.29 is 9.47 Å². The minimum Gasteiger partial charge on any atom is -0.486 e. The van der Waals surface area contributed by atoms with Gasteiger partial charge < -0.3 is 15.2 Å². The molecule has 0 spiro atoms. The van der Waals surface area contributed by atoms with Gasteiger partial charge in [0.15, 0.2) is 11.5 Å². The molecule has 1 aromatic rings. The summed E-state index contributed by atoms with van der Waals surface area (Å²) in [6.07, 6.45) is 0.808. The lowest BCUT2D eigenvalue weighted by Gasteiger charge is -2.22. The van der Waals surface area contributed by atoms with Crippen LogP contribution in [-0.2, 0) is 6.42 Å². The van der Waals surface area contributed by atoms with Crippen LogP contribution >= 0.6 is 11.6 Å². The van der Waals surface area contributed by atoms with Gasteiger partial charge in [0.1, 0.15) is 13.2 Å². The van der Waals surface area contributed by atoms with Gasteiger partial charge in [-0.1, -0.05) is 11.6 Å². The maximum Gasteiger partial charge on any atom is 0.180 e. The molecule has 3 nitrogen and oxygen atoms in total. The minimum absolute atomic E-state index is 0.558. The van der Waals surface area contributed by atoms with Crippen LogP contribution in [0.25, 0.3) is 0 Å². The van der Waals surface area contributed by atoms with Gasteiger partial charge in [-0.05, 0) is 37.1 Å². The third-order valence-corrected chi connectivity index (χ3v) is 2.82. The van der Waals surface area contributed by atoms with E-state index in [4.69, 9.17) is 26.8 Å². The fourth-order valence-electron chi connectivity index (χ4n) is 1.76. The van der Waals surface area contributed by atoms with Crippen molar-refractivity contribution in [2.24, 2.45) is 5.73 Å². The first-order chi connectivity index (χ1) is 7.24. The van der Waals surface area contributed by atoms with Gasteiger partial charge in [0, 0.05) is 0 Å². The highest BCUT2D eigenvalue weighted by atomic mass is 35.5. The predicted molar refractivity (Wildman–Crippen MR) is 59.9 cm³/mol. The van der Waals surface area contributed by atoms with Gasteiger partial charge in [0.25, 0.3) is 0 Å². The van der Waals surface area contributed by atoms with E-state index in [-0.39, 0.29) is 0 Å². The lowest BCUT2D eigenvalue weighted by Crippen LogP contribution is -2.17. The first kappa shape index (κ1) is 10.6. The highest BCUT2D eigenvalue weighted by molar-refractivity contribution is 6.32. The second kappa shape index (κ2) is 4.29. The lowest BCUT2D eigenvalue weighted by molar-refractivity contribution is 0.170. The molecule has 0 radical (unpaired) electrons. The molecule has 82 valence electrons. The van der Waals surface area contributed by atoms with Crippen molar-refractivity contribution in [3.8, 4) is 11.5 Å². The molecule has 0 aliphatic carbocycles. The van der Waals surface area contributed by atoms with Crippen LogP contribution in [-0.4, -0.2) is 19.8 Å². The standard InChI is InChI=1S/C11H14ClNO2/c1-7-8(2-3-13)6-9(12)11-10(7)14-4-5-15-11/h6H,2-5,13H2,1H3. The number of ether oxygens (including phenoxy) is 2. The summed E-state index contributed by atoms with van der Waals surface area (Å²) in [4.78, 5) is 0. The summed E-state index contributed by atoms with van der Waals surface area (Å²) in [5.41, 5.74) is 7.75. The molecule has 0 aromatic heterocycles. The molecule has 1 aliphatic heterocycles. The Kier molecular flexibility index (Phi) is 3.03. The summed E-state index contributed by atoms with van der Waals surface area (Å²) < 4.78 is 11.1. The molecule has 0 saturated heterocycles. The van der Waals surface area contributed by atoms with Gasteiger partial charge in [0.05, 0.1) is 5.02 Å². The molecule has 0 unspecified atom stereocenters. The predicted octanol–water partition coefficient (Wildman–Crippen LogP) is 1.92. The van der Waals surface area contributed by atoms with Crippen LogP contribution in [0, 0.1) is 6.92 Å². The van der Waals surface area contributed by atoms with Gasteiger partial charge in [-0.2, -0.15) is 0 Å². The Morgan fingerprint density at radius 2 is 2.00 bits per heavy atom. The highest BCUT2D eigenvalue weighted by Gasteiger charge is 2.20. The minimum atomic E-state index is 0.558. The van der Waals surface area contributed by atoms with Crippen LogP contribution < -0.4 is 15.2 Å². The third-order valence-electron chi connectivity index (χ3n) is 2.54. The second-order valence-corrected chi connectivity index (χ2v) is 3.94. The van der Waals surface area contributed by atoms with Crippen LogP contribution in [0.15, 0.2) is 6.07 Å². The Hall–Kier alpha value is -0.930. The monoisotopic (exact) mass is 227 g/mol. The van der Waals surface area contributed by atoms with E-state index in [0.29, 0.717) is 30.5 Å². The van der Waals surface area contributed by atoms with Crippen LogP contribution in [0.4, 0.5) is 0 Å². The Balaban J connectivity index is 2.49. The maximum atomic E-state index is 6.11. The van der Waals surface area contributed by atoms with Crippen molar-refractivity contribution >= 4 is 11.6 Å². The van der Waals surface area contributed by atoms with E-state index >= 15 is 0 Å². The van der Waals surface area contributed by atoms with Crippen molar-refractivity contribution in [1.29, 1.82) is 0 Å². The van der Waals surface area contributed by atoms with E-state index in [1.165, 1.54) is 0 Å². The molecular formula is C11H14ClNO2. The quantitative estimate of drug-likeness (QED) is 0.840. The molecule has 1 aromatic carbocycles. The molecule has 1 aliphatic rings. The zero-order valence-electron chi connectivity index (χ0n) is 8.68. The molecule has 0 atom stereocenters. The number of halogens is 1. The number of hydrogen-bond donors (Lipinski definition) is 1. The Morgan fingerprint density at radius 1 is 1.33 bits per heavy atom. The number of hydrogen-bond acceptors (Lipinski definition) is 3. The zero-order chi connectivity index (χ0) is 10.8. The Morgan fingerprint density at radius 3 is 2.67 bits per heavy atom. The van der Waals surface area contributed by atoms with E-state index in [1.807, 2.05) is 13.0 Å². The molecule has 0 saturated carbocycles. The van der Waals surface area contributed by atoms with Crippen molar-refractivity contribution in [2.75, 3.05) is 19.8 Å². The van der Waals surface area contributed by atoms with Crippen LogP contribution in [0.1, 0.15) is 11.1 Å². The number of nitrogens with two attached hydrogens (primary N) is 1. The first-order valence-electron chi connectivity index (χ1n) is 5.01. The first-order valence-corrected chi connectivity index (χ1v) is 5.39. The van der Waals surface area contributed by atoms with E-state index in [1.54, 1.807) is 0 Å². The van der Waals surface area contributed by atoms with Crippen molar-refractivity contribution in [3.05, 3.63) is 22.2 Å². The molecule has 0 bridgehead atoms. The van der Waals surface area contributed by atoms with Crippen molar-refractivity contribution in [3.63, 3.8) is 0 Å². The SMILES string of the molecule is Cc1c(CCN)cc(Cl)c2c1OCCO2. The third kappa shape index (κ3) is 1.90. The van der Waals surface area contributed by atoms with Gasteiger partial charge >= 0.3 is 0 Å². The topological polar surface area (TPSA) is 44.5 Å². The average molecular weight is 228 g/mol. The maximum absolute atomic E-state index is 6.11. The largest absolute Gasteiger partial charge is 0.486 e. The van der Waals surface area contributed by atoms with E-state index in [2.05, 4.69) is 0 Å². The molecule has 0 fully saturated rings. The van der Waals surface area contributed by atoms with Crippen LogP contribution in [0.2, 0.25) is 5.02 Å². The van der Waals surface area contributed by atoms with Gasteiger partial charge in [-0.25, -0.2) is 0 Å². The molecule has 0 amide bonds. The molecular weight excluding hydrogens is 214 g/mol. The number of benzene rings is 1. The van der Waals surface area contributed by atoms with Crippen LogP contribution in [0.5, 0.6) is 11.5 Å². The number of fused-ring (bicyclic) bond motifs is 1. The lowest BCUT2D eigenvalue weighted by atomic mass is 10.0. The smallest absolute Gasteiger partial charge is 0.180 e. The molecule has 2 N–H and O–H groups in total. The second-order valence-electron chi connectivity index (χ2n) is 3.54. The van der Waals surface area contributed by atoms with Gasteiger partial charge in [0.2, 0.25) is 0 Å². The van der Waals surface area contributed by atoms with Gasteiger partial charge in [-0.3, -0.25) is 0 Å². The molecule has 2 rings (SSSR count). The zero-order valence-corrected chi connectivity index (χ0v) is 9.43. The molecule has 4 heteroatoms.